The molecule has 4 nitrogen and oxygen atoms in total. The summed E-state index contributed by atoms with van der Waals surface area (Å²) in [5.41, 5.74) is 0. The van der Waals surface area contributed by atoms with Gasteiger partial charge in [-0.3, -0.25) is 4.90 Å². The predicted molar refractivity (Wildman–Crippen MR) is 82.4 cm³/mol. The molecular formula is C15H23ClN4. The fourth-order valence-electron chi connectivity index (χ4n) is 3.37. The van der Waals surface area contributed by atoms with Crippen LogP contribution in [0.5, 0.6) is 0 Å². The van der Waals surface area contributed by atoms with Crippen LogP contribution in [0.1, 0.15) is 31.5 Å². The molecule has 0 amide bonds. The minimum atomic E-state index is 0.667. The number of piperazine rings is 1. The van der Waals surface area contributed by atoms with Gasteiger partial charge >= 0.3 is 0 Å². The summed E-state index contributed by atoms with van der Waals surface area (Å²) < 4.78 is 0. The Bertz CT molecular complexity index is 451. The molecule has 0 N–H and O–H groups in total. The number of hydrogen-bond acceptors (Lipinski definition) is 4. The maximum absolute atomic E-state index is 6.22. The third kappa shape index (κ3) is 3.23. The molecule has 0 aromatic carbocycles. The monoisotopic (exact) mass is 294 g/mol. The summed E-state index contributed by atoms with van der Waals surface area (Å²) in [4.78, 5) is 13.5. The molecule has 20 heavy (non-hydrogen) atoms. The van der Waals surface area contributed by atoms with E-state index in [-0.39, 0.29) is 0 Å². The molecular weight excluding hydrogens is 272 g/mol. The molecule has 3 rings (SSSR count). The van der Waals surface area contributed by atoms with E-state index in [1.807, 2.05) is 6.92 Å². The van der Waals surface area contributed by atoms with E-state index in [1.54, 1.807) is 6.20 Å². The highest BCUT2D eigenvalue weighted by atomic mass is 35.5. The standard InChI is InChI=1S/C15H23ClN4/c1-12-17-10-14(16)15(18-12)20-8-6-19(7-9-20)11-13-4-2-3-5-13/h10,13H,2-9,11H2,1H3. The van der Waals surface area contributed by atoms with E-state index in [9.17, 15) is 0 Å². The summed E-state index contributed by atoms with van der Waals surface area (Å²) in [5, 5.41) is 0.667. The zero-order valence-corrected chi connectivity index (χ0v) is 12.9. The SMILES string of the molecule is Cc1ncc(Cl)c(N2CCN(CC3CCCC3)CC2)n1. The van der Waals surface area contributed by atoms with Crippen LogP contribution in [0.2, 0.25) is 5.02 Å². The molecule has 0 bridgehead atoms. The zero-order chi connectivity index (χ0) is 13.9. The van der Waals surface area contributed by atoms with E-state index in [2.05, 4.69) is 19.8 Å². The van der Waals surface area contributed by atoms with Gasteiger partial charge in [0.25, 0.3) is 0 Å². The molecule has 1 aliphatic heterocycles. The molecule has 1 aromatic rings. The van der Waals surface area contributed by atoms with Gasteiger partial charge in [-0.2, -0.15) is 0 Å². The topological polar surface area (TPSA) is 32.3 Å². The van der Waals surface area contributed by atoms with Gasteiger partial charge in [-0.1, -0.05) is 24.4 Å². The second-order valence-electron chi connectivity index (χ2n) is 6.03. The van der Waals surface area contributed by atoms with Crippen molar-refractivity contribution in [3.05, 3.63) is 17.0 Å². The van der Waals surface area contributed by atoms with Gasteiger partial charge < -0.3 is 4.90 Å². The van der Waals surface area contributed by atoms with Gasteiger partial charge in [0, 0.05) is 32.7 Å². The van der Waals surface area contributed by atoms with Crippen LogP contribution in [0.3, 0.4) is 0 Å². The average molecular weight is 295 g/mol. The van der Waals surface area contributed by atoms with Gasteiger partial charge in [0.15, 0.2) is 5.82 Å². The Balaban J connectivity index is 1.56. The molecule has 2 aliphatic rings. The minimum absolute atomic E-state index is 0.667. The molecule has 0 radical (unpaired) electrons. The molecule has 2 heterocycles. The number of anilines is 1. The third-order valence-electron chi connectivity index (χ3n) is 4.51. The maximum atomic E-state index is 6.22. The van der Waals surface area contributed by atoms with Gasteiger partial charge in [-0.25, -0.2) is 9.97 Å². The van der Waals surface area contributed by atoms with Crippen molar-refractivity contribution in [1.82, 2.24) is 14.9 Å². The van der Waals surface area contributed by atoms with Gasteiger partial charge in [-0.05, 0) is 25.7 Å². The Morgan fingerprint density at radius 2 is 1.90 bits per heavy atom. The molecule has 110 valence electrons. The Hall–Kier alpha value is -0.870. The molecule has 1 saturated carbocycles. The van der Waals surface area contributed by atoms with E-state index in [0.717, 1.165) is 43.7 Å². The summed E-state index contributed by atoms with van der Waals surface area (Å²) >= 11 is 6.22. The van der Waals surface area contributed by atoms with Crippen LogP contribution < -0.4 is 4.90 Å². The summed E-state index contributed by atoms with van der Waals surface area (Å²) in [6.45, 7) is 7.47. The third-order valence-corrected chi connectivity index (χ3v) is 4.78. The summed E-state index contributed by atoms with van der Waals surface area (Å²) in [7, 11) is 0. The quantitative estimate of drug-likeness (QED) is 0.858. The Morgan fingerprint density at radius 1 is 1.20 bits per heavy atom. The van der Waals surface area contributed by atoms with Crippen molar-refractivity contribution in [2.45, 2.75) is 32.6 Å². The fourth-order valence-corrected chi connectivity index (χ4v) is 3.58. The Labute approximate surface area is 126 Å². The normalized spacial score (nSPS) is 21.6. The largest absolute Gasteiger partial charge is 0.353 e. The van der Waals surface area contributed by atoms with Crippen LogP contribution in [0, 0.1) is 12.8 Å². The van der Waals surface area contributed by atoms with E-state index in [0.29, 0.717) is 5.02 Å². The highest BCUT2D eigenvalue weighted by Crippen LogP contribution is 2.27. The average Bonchev–Trinajstić information content (AvgIpc) is 2.95. The van der Waals surface area contributed by atoms with Crippen LogP contribution in [-0.4, -0.2) is 47.6 Å². The molecule has 0 atom stereocenters. The Kier molecular flexibility index (Phi) is 4.41. The van der Waals surface area contributed by atoms with Crippen LogP contribution in [0.4, 0.5) is 5.82 Å². The molecule has 1 saturated heterocycles. The summed E-state index contributed by atoms with van der Waals surface area (Å²) in [5.74, 6) is 2.63. The van der Waals surface area contributed by atoms with Crippen molar-refractivity contribution < 1.29 is 0 Å². The first-order valence-corrected chi connectivity index (χ1v) is 8.06. The Morgan fingerprint density at radius 3 is 2.60 bits per heavy atom. The van der Waals surface area contributed by atoms with Gasteiger partial charge in [0.2, 0.25) is 0 Å². The number of nitrogens with zero attached hydrogens (tertiary/aromatic N) is 4. The number of hydrogen-bond donors (Lipinski definition) is 0. The first-order chi connectivity index (χ1) is 9.72. The lowest BCUT2D eigenvalue weighted by Crippen LogP contribution is -2.48. The second-order valence-corrected chi connectivity index (χ2v) is 6.43. The van der Waals surface area contributed by atoms with Crippen molar-refractivity contribution in [2.75, 3.05) is 37.6 Å². The number of rotatable bonds is 3. The fraction of sp³-hybridized carbons (Fsp3) is 0.733. The number of halogens is 1. The first kappa shape index (κ1) is 14.1. The first-order valence-electron chi connectivity index (χ1n) is 7.69. The molecule has 1 aromatic heterocycles. The number of aryl methyl sites for hydroxylation is 1. The maximum Gasteiger partial charge on any atom is 0.151 e. The van der Waals surface area contributed by atoms with Gasteiger partial charge in [-0.15, -0.1) is 0 Å². The molecule has 0 spiro atoms. The smallest absolute Gasteiger partial charge is 0.151 e. The highest BCUT2D eigenvalue weighted by Gasteiger charge is 2.23. The summed E-state index contributed by atoms with van der Waals surface area (Å²) in [6.07, 6.45) is 7.43. The summed E-state index contributed by atoms with van der Waals surface area (Å²) in [6, 6.07) is 0. The van der Waals surface area contributed by atoms with Crippen molar-refractivity contribution in [3.63, 3.8) is 0 Å². The van der Waals surface area contributed by atoms with Crippen molar-refractivity contribution >= 4 is 17.4 Å². The van der Waals surface area contributed by atoms with Crippen molar-refractivity contribution in [3.8, 4) is 0 Å². The molecule has 1 aliphatic carbocycles. The lowest BCUT2D eigenvalue weighted by Gasteiger charge is -2.36. The van der Waals surface area contributed by atoms with Gasteiger partial charge in [0.05, 0.1) is 6.20 Å². The lowest BCUT2D eigenvalue weighted by molar-refractivity contribution is 0.219. The van der Waals surface area contributed by atoms with E-state index in [1.165, 1.54) is 32.2 Å². The van der Waals surface area contributed by atoms with Crippen LogP contribution in [-0.2, 0) is 0 Å². The minimum Gasteiger partial charge on any atom is -0.353 e. The van der Waals surface area contributed by atoms with Crippen LogP contribution in [0.15, 0.2) is 6.20 Å². The van der Waals surface area contributed by atoms with Crippen LogP contribution in [0.25, 0.3) is 0 Å². The van der Waals surface area contributed by atoms with E-state index in [4.69, 9.17) is 11.6 Å². The second kappa shape index (κ2) is 6.27. The number of aromatic nitrogens is 2. The van der Waals surface area contributed by atoms with Crippen molar-refractivity contribution in [1.29, 1.82) is 0 Å². The van der Waals surface area contributed by atoms with Crippen LogP contribution >= 0.6 is 11.6 Å². The predicted octanol–water partition coefficient (Wildman–Crippen LogP) is 2.75. The molecule has 2 fully saturated rings. The molecule has 0 unspecified atom stereocenters. The molecule has 5 heteroatoms. The zero-order valence-electron chi connectivity index (χ0n) is 12.2. The highest BCUT2D eigenvalue weighted by molar-refractivity contribution is 6.32. The van der Waals surface area contributed by atoms with Gasteiger partial charge in [0.1, 0.15) is 10.8 Å². The van der Waals surface area contributed by atoms with E-state index < -0.39 is 0 Å². The lowest BCUT2D eigenvalue weighted by atomic mass is 10.1. The van der Waals surface area contributed by atoms with Crippen molar-refractivity contribution in [2.24, 2.45) is 5.92 Å². The van der Waals surface area contributed by atoms with E-state index >= 15 is 0 Å².